The second-order valence-electron chi connectivity index (χ2n) is 4.68. The maximum atomic E-state index is 12.5. The van der Waals surface area contributed by atoms with Crippen molar-refractivity contribution in [2.45, 2.75) is 30.4 Å². The maximum Gasteiger partial charge on any atom is 0.244 e. The largest absolute Gasteiger partial charge is 0.495 e. The van der Waals surface area contributed by atoms with Crippen LogP contribution in [-0.4, -0.2) is 38.2 Å². The van der Waals surface area contributed by atoms with Crippen molar-refractivity contribution in [2.75, 3.05) is 18.6 Å². The number of ether oxygens (including phenoxy) is 1. The zero-order valence-corrected chi connectivity index (χ0v) is 13.0. The molecule has 1 unspecified atom stereocenters. The fourth-order valence-electron chi connectivity index (χ4n) is 2.15. The van der Waals surface area contributed by atoms with Crippen molar-refractivity contribution < 1.29 is 18.3 Å². The number of sulfonamides is 1. The molecule has 1 aliphatic rings. The fraction of sp³-hybridized carbons (Fsp3) is 0.538. The van der Waals surface area contributed by atoms with Crippen LogP contribution in [0, 0.1) is 0 Å². The lowest BCUT2D eigenvalue weighted by Crippen LogP contribution is -2.38. The molecule has 5 nitrogen and oxygen atoms in total. The minimum atomic E-state index is -3.63. The highest BCUT2D eigenvalue weighted by molar-refractivity contribution is 7.99. The number of methoxy groups -OCH3 is 1. The van der Waals surface area contributed by atoms with E-state index in [0.29, 0.717) is 5.56 Å². The van der Waals surface area contributed by atoms with Crippen molar-refractivity contribution in [2.24, 2.45) is 0 Å². The summed E-state index contributed by atoms with van der Waals surface area (Å²) < 4.78 is 32.8. The van der Waals surface area contributed by atoms with Crippen LogP contribution in [-0.2, 0) is 16.6 Å². The van der Waals surface area contributed by atoms with E-state index >= 15 is 0 Å². The van der Waals surface area contributed by atoms with Gasteiger partial charge in [0.25, 0.3) is 0 Å². The van der Waals surface area contributed by atoms with Gasteiger partial charge in [-0.2, -0.15) is 11.8 Å². The fourth-order valence-corrected chi connectivity index (χ4v) is 4.81. The van der Waals surface area contributed by atoms with Crippen LogP contribution in [0.15, 0.2) is 23.1 Å². The maximum absolute atomic E-state index is 12.5. The lowest BCUT2D eigenvalue weighted by atomic mass is 10.2. The summed E-state index contributed by atoms with van der Waals surface area (Å²) in [6, 6.07) is 4.63. The highest BCUT2D eigenvalue weighted by Crippen LogP contribution is 2.26. The molecule has 1 aromatic rings. The van der Waals surface area contributed by atoms with E-state index in [1.54, 1.807) is 23.9 Å². The van der Waals surface area contributed by atoms with Gasteiger partial charge >= 0.3 is 0 Å². The Morgan fingerprint density at radius 3 is 2.90 bits per heavy atom. The Kier molecular flexibility index (Phi) is 5.31. The molecule has 0 radical (unpaired) electrons. The Balaban J connectivity index is 2.27. The average molecular weight is 317 g/mol. The molecule has 2 rings (SSSR count). The first-order chi connectivity index (χ1) is 9.56. The van der Waals surface area contributed by atoms with Gasteiger partial charge in [-0.15, -0.1) is 0 Å². The highest BCUT2D eigenvalue weighted by atomic mass is 32.2. The molecule has 0 spiro atoms. The summed E-state index contributed by atoms with van der Waals surface area (Å²) >= 11 is 1.76. The van der Waals surface area contributed by atoms with Crippen molar-refractivity contribution in [1.82, 2.24) is 4.72 Å². The predicted octanol–water partition coefficient (Wildman–Crippen LogP) is 1.36. The molecule has 0 aliphatic carbocycles. The van der Waals surface area contributed by atoms with E-state index in [1.165, 1.54) is 13.2 Å². The third kappa shape index (κ3) is 3.66. The molecular weight excluding hydrogens is 298 g/mol. The lowest BCUT2D eigenvalue weighted by Gasteiger charge is -2.23. The van der Waals surface area contributed by atoms with Crippen molar-refractivity contribution in [3.63, 3.8) is 0 Å². The van der Waals surface area contributed by atoms with Gasteiger partial charge in [0.2, 0.25) is 10.0 Å². The summed E-state index contributed by atoms with van der Waals surface area (Å²) in [6.45, 7) is -0.203. The summed E-state index contributed by atoms with van der Waals surface area (Å²) in [6.07, 6.45) is 1.87. The van der Waals surface area contributed by atoms with E-state index in [0.717, 1.165) is 24.3 Å². The average Bonchev–Trinajstić information content (AvgIpc) is 2.47. The number of hydrogen-bond acceptors (Lipinski definition) is 5. The topological polar surface area (TPSA) is 75.6 Å². The Hall–Kier alpha value is -0.760. The van der Waals surface area contributed by atoms with Crippen molar-refractivity contribution in [1.29, 1.82) is 0 Å². The lowest BCUT2D eigenvalue weighted by molar-refractivity contribution is 0.281. The van der Waals surface area contributed by atoms with E-state index < -0.39 is 10.0 Å². The number of benzene rings is 1. The number of rotatable bonds is 5. The number of aliphatic hydroxyl groups is 1. The first kappa shape index (κ1) is 15.6. The van der Waals surface area contributed by atoms with Gasteiger partial charge in [-0.3, -0.25) is 0 Å². The third-order valence-corrected chi connectivity index (χ3v) is 5.94. The van der Waals surface area contributed by atoms with Crippen LogP contribution in [0.4, 0.5) is 0 Å². The summed E-state index contributed by atoms with van der Waals surface area (Å²) in [7, 11) is -2.20. The first-order valence-corrected chi connectivity index (χ1v) is 9.08. The van der Waals surface area contributed by atoms with E-state index in [-0.39, 0.29) is 23.3 Å². The molecule has 0 amide bonds. The molecule has 2 N–H and O–H groups in total. The molecule has 1 heterocycles. The molecule has 1 aliphatic heterocycles. The zero-order chi connectivity index (χ0) is 14.6. The Morgan fingerprint density at radius 2 is 2.30 bits per heavy atom. The Morgan fingerprint density at radius 1 is 1.50 bits per heavy atom. The number of thioether (sulfide) groups is 1. The van der Waals surface area contributed by atoms with Crippen LogP contribution < -0.4 is 9.46 Å². The van der Waals surface area contributed by atoms with Crippen LogP contribution in [0.3, 0.4) is 0 Å². The van der Waals surface area contributed by atoms with Gasteiger partial charge in [-0.25, -0.2) is 13.1 Å². The highest BCUT2D eigenvalue weighted by Gasteiger charge is 2.25. The van der Waals surface area contributed by atoms with Gasteiger partial charge < -0.3 is 9.84 Å². The van der Waals surface area contributed by atoms with E-state index in [9.17, 15) is 8.42 Å². The van der Waals surface area contributed by atoms with Crippen LogP contribution in [0.1, 0.15) is 18.4 Å². The van der Waals surface area contributed by atoms with Crippen molar-refractivity contribution in [3.8, 4) is 5.75 Å². The van der Waals surface area contributed by atoms with Crippen LogP contribution in [0.2, 0.25) is 0 Å². The zero-order valence-electron chi connectivity index (χ0n) is 11.3. The number of aliphatic hydroxyl groups excluding tert-OH is 1. The van der Waals surface area contributed by atoms with Gasteiger partial charge in [0, 0.05) is 11.8 Å². The van der Waals surface area contributed by atoms with Gasteiger partial charge in [-0.1, -0.05) is 6.07 Å². The molecule has 1 saturated heterocycles. The minimum absolute atomic E-state index is 0.0405. The SMILES string of the molecule is COc1ccc(CO)cc1S(=O)(=O)NC1CCCSC1. The Bertz CT molecular complexity index is 553. The van der Waals surface area contributed by atoms with Gasteiger partial charge in [0.1, 0.15) is 10.6 Å². The minimum Gasteiger partial charge on any atom is -0.495 e. The molecule has 1 fully saturated rings. The standard InChI is InChI=1S/C13H19NO4S2/c1-18-12-5-4-10(8-15)7-13(12)20(16,17)14-11-3-2-6-19-9-11/h4-5,7,11,14-15H,2-3,6,8-9H2,1H3. The van der Waals surface area contributed by atoms with Crippen molar-refractivity contribution >= 4 is 21.8 Å². The normalized spacial score (nSPS) is 19.8. The molecule has 0 saturated carbocycles. The number of hydrogen-bond donors (Lipinski definition) is 2. The summed E-state index contributed by atoms with van der Waals surface area (Å²) in [5, 5.41) is 9.15. The van der Waals surface area contributed by atoms with Gasteiger partial charge in [-0.05, 0) is 36.3 Å². The van der Waals surface area contributed by atoms with E-state index in [1.807, 2.05) is 0 Å². The van der Waals surface area contributed by atoms with Crippen LogP contribution in [0.25, 0.3) is 0 Å². The molecule has 1 atom stereocenters. The van der Waals surface area contributed by atoms with Crippen LogP contribution >= 0.6 is 11.8 Å². The summed E-state index contributed by atoms with van der Waals surface area (Å²) in [5.74, 6) is 2.17. The number of nitrogens with one attached hydrogen (secondary N) is 1. The Labute approximate surface area is 123 Å². The molecule has 0 aromatic heterocycles. The van der Waals surface area contributed by atoms with Gasteiger partial charge in [0.15, 0.2) is 0 Å². The molecule has 7 heteroatoms. The second kappa shape index (κ2) is 6.80. The molecular formula is C13H19NO4S2. The van der Waals surface area contributed by atoms with Gasteiger partial charge in [0.05, 0.1) is 13.7 Å². The molecule has 112 valence electrons. The second-order valence-corrected chi connectivity index (χ2v) is 7.51. The van der Waals surface area contributed by atoms with E-state index in [4.69, 9.17) is 9.84 Å². The van der Waals surface area contributed by atoms with Crippen molar-refractivity contribution in [3.05, 3.63) is 23.8 Å². The third-order valence-electron chi connectivity index (χ3n) is 3.18. The quantitative estimate of drug-likeness (QED) is 0.857. The predicted molar refractivity (Wildman–Crippen MR) is 79.6 cm³/mol. The van der Waals surface area contributed by atoms with E-state index in [2.05, 4.69) is 4.72 Å². The first-order valence-electron chi connectivity index (χ1n) is 6.44. The molecule has 1 aromatic carbocycles. The molecule has 0 bridgehead atoms. The summed E-state index contributed by atoms with van der Waals surface area (Å²) in [5.41, 5.74) is 0.546. The summed E-state index contributed by atoms with van der Waals surface area (Å²) in [4.78, 5) is 0.0853. The monoisotopic (exact) mass is 317 g/mol. The molecule has 20 heavy (non-hydrogen) atoms. The van der Waals surface area contributed by atoms with Crippen LogP contribution in [0.5, 0.6) is 5.75 Å². The smallest absolute Gasteiger partial charge is 0.244 e.